The largest absolute Gasteiger partial charge is 0.311 e. The van der Waals surface area contributed by atoms with E-state index in [1.165, 1.54) is 51.6 Å². The molecule has 0 aromatic rings. The predicted molar refractivity (Wildman–Crippen MR) is 81.3 cm³/mol. The molecular formula is C17H32N2. The van der Waals surface area contributed by atoms with Crippen LogP contribution in [-0.2, 0) is 0 Å². The van der Waals surface area contributed by atoms with E-state index in [0.717, 1.165) is 35.9 Å². The van der Waals surface area contributed by atoms with E-state index < -0.39 is 0 Å². The molecule has 2 nitrogen and oxygen atoms in total. The summed E-state index contributed by atoms with van der Waals surface area (Å²) in [5.74, 6) is 2.69. The first kappa shape index (κ1) is 13.9. The van der Waals surface area contributed by atoms with Gasteiger partial charge in [0.25, 0.3) is 0 Å². The van der Waals surface area contributed by atoms with E-state index >= 15 is 0 Å². The van der Waals surface area contributed by atoms with Gasteiger partial charge in [0.15, 0.2) is 0 Å². The maximum Gasteiger partial charge on any atom is 0.0247 e. The summed E-state index contributed by atoms with van der Waals surface area (Å²) >= 11 is 0. The molecule has 1 saturated heterocycles. The van der Waals surface area contributed by atoms with Crippen molar-refractivity contribution >= 4 is 0 Å². The molecule has 4 unspecified atom stereocenters. The van der Waals surface area contributed by atoms with Crippen molar-refractivity contribution in [2.75, 3.05) is 13.1 Å². The third-order valence-corrected chi connectivity index (χ3v) is 5.90. The summed E-state index contributed by atoms with van der Waals surface area (Å²) in [6.07, 6.45) is 8.80. The molecule has 2 aliphatic carbocycles. The number of piperazine rings is 1. The van der Waals surface area contributed by atoms with Crippen LogP contribution in [0.1, 0.15) is 59.3 Å². The highest BCUT2D eigenvalue weighted by Crippen LogP contribution is 2.39. The topological polar surface area (TPSA) is 15.3 Å². The summed E-state index contributed by atoms with van der Waals surface area (Å²) in [5.41, 5.74) is 0. The number of hydrogen-bond acceptors (Lipinski definition) is 2. The first-order chi connectivity index (χ1) is 9.16. The Morgan fingerprint density at radius 2 is 1.79 bits per heavy atom. The molecule has 0 aromatic heterocycles. The fourth-order valence-corrected chi connectivity index (χ4v) is 4.43. The molecule has 4 atom stereocenters. The molecule has 3 aliphatic rings. The minimum atomic E-state index is 0.773. The molecule has 0 aromatic carbocycles. The Labute approximate surface area is 119 Å². The van der Waals surface area contributed by atoms with Gasteiger partial charge < -0.3 is 5.32 Å². The zero-order valence-corrected chi connectivity index (χ0v) is 13.1. The molecule has 2 heteroatoms. The van der Waals surface area contributed by atoms with Gasteiger partial charge in [0.05, 0.1) is 0 Å². The van der Waals surface area contributed by atoms with E-state index in [-0.39, 0.29) is 0 Å². The lowest BCUT2D eigenvalue weighted by molar-refractivity contribution is 0.0620. The van der Waals surface area contributed by atoms with E-state index in [9.17, 15) is 0 Å². The van der Waals surface area contributed by atoms with Crippen LogP contribution in [0.4, 0.5) is 0 Å². The van der Waals surface area contributed by atoms with Crippen LogP contribution >= 0.6 is 0 Å². The molecule has 2 saturated carbocycles. The number of nitrogens with zero attached hydrogens (tertiary/aromatic N) is 1. The molecule has 1 heterocycles. The van der Waals surface area contributed by atoms with Crippen molar-refractivity contribution in [2.45, 2.75) is 77.4 Å². The Morgan fingerprint density at radius 1 is 1.11 bits per heavy atom. The van der Waals surface area contributed by atoms with Crippen molar-refractivity contribution < 1.29 is 0 Å². The van der Waals surface area contributed by atoms with Gasteiger partial charge >= 0.3 is 0 Å². The Morgan fingerprint density at radius 3 is 2.37 bits per heavy atom. The molecular weight excluding hydrogens is 232 g/mol. The monoisotopic (exact) mass is 264 g/mol. The lowest BCUT2D eigenvalue weighted by Crippen LogP contribution is -2.61. The van der Waals surface area contributed by atoms with Crippen LogP contribution in [-0.4, -0.2) is 36.1 Å². The molecule has 0 spiro atoms. The van der Waals surface area contributed by atoms with E-state index in [0.29, 0.717) is 0 Å². The average molecular weight is 264 g/mol. The normalized spacial score (nSPS) is 41.7. The summed E-state index contributed by atoms with van der Waals surface area (Å²) in [6.45, 7) is 9.77. The molecule has 110 valence electrons. The minimum absolute atomic E-state index is 0.773. The van der Waals surface area contributed by atoms with Crippen LogP contribution in [0.25, 0.3) is 0 Å². The van der Waals surface area contributed by atoms with E-state index in [1.807, 2.05) is 0 Å². The summed E-state index contributed by atoms with van der Waals surface area (Å²) in [6, 6.07) is 2.46. The van der Waals surface area contributed by atoms with Gasteiger partial charge in [0.2, 0.25) is 0 Å². The summed E-state index contributed by atoms with van der Waals surface area (Å²) in [5, 5.41) is 3.91. The van der Waals surface area contributed by atoms with Gasteiger partial charge in [-0.3, -0.25) is 4.90 Å². The summed E-state index contributed by atoms with van der Waals surface area (Å²) in [4.78, 5) is 2.88. The van der Waals surface area contributed by atoms with Crippen LogP contribution in [0, 0.1) is 17.8 Å². The quantitative estimate of drug-likeness (QED) is 0.841. The molecule has 0 bridgehead atoms. The van der Waals surface area contributed by atoms with Crippen molar-refractivity contribution in [1.29, 1.82) is 0 Å². The third kappa shape index (κ3) is 3.00. The maximum atomic E-state index is 3.91. The van der Waals surface area contributed by atoms with Gasteiger partial charge in [-0.05, 0) is 37.0 Å². The fourth-order valence-electron chi connectivity index (χ4n) is 4.43. The smallest absolute Gasteiger partial charge is 0.0247 e. The van der Waals surface area contributed by atoms with Crippen LogP contribution in [0.15, 0.2) is 0 Å². The van der Waals surface area contributed by atoms with Crippen LogP contribution in [0.5, 0.6) is 0 Å². The SMILES string of the molecule is CC(C)C1CNC(C2CCCCC2)CN1C1CC1C. The Bertz CT molecular complexity index is 296. The van der Waals surface area contributed by atoms with Gasteiger partial charge in [-0.1, -0.05) is 40.0 Å². The highest BCUT2D eigenvalue weighted by molar-refractivity contribution is 5.01. The van der Waals surface area contributed by atoms with Crippen molar-refractivity contribution in [1.82, 2.24) is 10.2 Å². The van der Waals surface area contributed by atoms with Crippen LogP contribution in [0.2, 0.25) is 0 Å². The minimum Gasteiger partial charge on any atom is -0.311 e. The van der Waals surface area contributed by atoms with Crippen LogP contribution < -0.4 is 5.32 Å². The Balaban J connectivity index is 1.63. The molecule has 0 amide bonds. The zero-order chi connectivity index (χ0) is 13.4. The highest BCUT2D eigenvalue weighted by Gasteiger charge is 2.45. The second kappa shape index (κ2) is 5.73. The first-order valence-corrected chi connectivity index (χ1v) is 8.66. The van der Waals surface area contributed by atoms with E-state index in [1.54, 1.807) is 0 Å². The molecule has 1 aliphatic heterocycles. The number of nitrogens with one attached hydrogen (secondary N) is 1. The molecule has 19 heavy (non-hydrogen) atoms. The highest BCUT2D eigenvalue weighted by atomic mass is 15.3. The van der Waals surface area contributed by atoms with Gasteiger partial charge in [0, 0.05) is 31.2 Å². The van der Waals surface area contributed by atoms with Gasteiger partial charge in [-0.2, -0.15) is 0 Å². The standard InChI is InChI=1S/C17H32N2/c1-12(2)17-10-18-15(14-7-5-4-6-8-14)11-19(17)16-9-13(16)3/h12-18H,4-11H2,1-3H3. The number of hydrogen-bond donors (Lipinski definition) is 1. The second-order valence-corrected chi connectivity index (χ2v) is 7.70. The lowest BCUT2D eigenvalue weighted by Gasteiger charge is -2.46. The Hall–Kier alpha value is -0.0800. The maximum absolute atomic E-state index is 3.91. The first-order valence-electron chi connectivity index (χ1n) is 8.66. The summed E-state index contributed by atoms with van der Waals surface area (Å²) in [7, 11) is 0. The molecule has 3 fully saturated rings. The lowest BCUT2D eigenvalue weighted by atomic mass is 9.82. The molecule has 0 radical (unpaired) electrons. The van der Waals surface area contributed by atoms with Gasteiger partial charge in [0.1, 0.15) is 0 Å². The van der Waals surface area contributed by atoms with Crippen molar-refractivity contribution in [3.63, 3.8) is 0 Å². The van der Waals surface area contributed by atoms with Crippen molar-refractivity contribution in [3.8, 4) is 0 Å². The van der Waals surface area contributed by atoms with E-state index in [2.05, 4.69) is 31.0 Å². The average Bonchev–Trinajstić information content (AvgIpc) is 3.16. The third-order valence-electron chi connectivity index (χ3n) is 5.90. The van der Waals surface area contributed by atoms with Gasteiger partial charge in [-0.25, -0.2) is 0 Å². The van der Waals surface area contributed by atoms with Crippen LogP contribution in [0.3, 0.4) is 0 Å². The fraction of sp³-hybridized carbons (Fsp3) is 1.00. The van der Waals surface area contributed by atoms with Gasteiger partial charge in [-0.15, -0.1) is 0 Å². The van der Waals surface area contributed by atoms with E-state index in [4.69, 9.17) is 0 Å². The zero-order valence-electron chi connectivity index (χ0n) is 13.1. The summed E-state index contributed by atoms with van der Waals surface area (Å²) < 4.78 is 0. The molecule has 3 rings (SSSR count). The number of rotatable bonds is 3. The second-order valence-electron chi connectivity index (χ2n) is 7.70. The van der Waals surface area contributed by atoms with Crippen molar-refractivity contribution in [2.24, 2.45) is 17.8 Å². The van der Waals surface area contributed by atoms with Crippen molar-refractivity contribution in [3.05, 3.63) is 0 Å². The predicted octanol–water partition coefficient (Wildman–Crippen LogP) is 3.27. The molecule has 1 N–H and O–H groups in total. The Kier molecular flexibility index (Phi) is 4.19.